The molecule has 0 unspecified atom stereocenters. The molecule has 270 valence electrons. The first kappa shape index (κ1) is 32.6. The van der Waals surface area contributed by atoms with Crippen LogP contribution in [-0.2, 0) is 0 Å². The highest BCUT2D eigenvalue weighted by atomic mass is 16.3. The number of hydrogen-bond donors (Lipinski definition) is 0. The molecule has 0 saturated carbocycles. The monoisotopic (exact) mass is 737 g/mol. The summed E-state index contributed by atoms with van der Waals surface area (Å²) in [5, 5.41) is 14.5. The maximum atomic E-state index is 6.39. The second kappa shape index (κ2) is 12.9. The van der Waals surface area contributed by atoms with Crippen LogP contribution in [0.5, 0.6) is 0 Å². The lowest BCUT2D eigenvalue weighted by Crippen LogP contribution is -2.11. The van der Waals surface area contributed by atoms with Crippen LogP contribution in [0.1, 0.15) is 0 Å². The molecule has 0 spiro atoms. The molecule has 1 aromatic heterocycles. The Morgan fingerprint density at radius 2 is 0.914 bits per heavy atom. The van der Waals surface area contributed by atoms with Crippen LogP contribution in [0, 0.1) is 0 Å². The van der Waals surface area contributed by atoms with Crippen molar-refractivity contribution in [3.05, 3.63) is 212 Å². The number of para-hydroxylation sites is 1. The number of furan rings is 1. The van der Waals surface area contributed by atoms with Gasteiger partial charge in [0.1, 0.15) is 11.2 Å². The van der Waals surface area contributed by atoms with Gasteiger partial charge in [0.2, 0.25) is 0 Å². The predicted molar refractivity (Wildman–Crippen MR) is 247 cm³/mol. The van der Waals surface area contributed by atoms with Gasteiger partial charge in [-0.2, -0.15) is 0 Å². The fourth-order valence-electron chi connectivity index (χ4n) is 9.21. The van der Waals surface area contributed by atoms with Gasteiger partial charge in [0.05, 0.1) is 5.69 Å². The molecule has 0 N–H and O–H groups in total. The zero-order valence-electron chi connectivity index (χ0n) is 31.6. The van der Waals surface area contributed by atoms with Crippen LogP contribution >= 0.6 is 0 Å². The minimum atomic E-state index is 0.896. The summed E-state index contributed by atoms with van der Waals surface area (Å²) in [7, 11) is 0. The molecule has 0 bridgehead atoms. The Morgan fingerprint density at radius 1 is 0.276 bits per heavy atom. The van der Waals surface area contributed by atoms with Crippen molar-refractivity contribution in [1.82, 2.24) is 0 Å². The third kappa shape index (κ3) is 5.19. The van der Waals surface area contributed by atoms with E-state index in [9.17, 15) is 0 Å². The molecule has 0 aliphatic heterocycles. The van der Waals surface area contributed by atoms with Crippen molar-refractivity contribution >= 4 is 92.9 Å². The van der Waals surface area contributed by atoms with Crippen molar-refractivity contribution < 1.29 is 4.42 Å². The molecular weight excluding hydrogens is 703 g/mol. The first-order valence-electron chi connectivity index (χ1n) is 19.9. The van der Waals surface area contributed by atoms with E-state index in [0.29, 0.717) is 0 Å². The van der Waals surface area contributed by atoms with Crippen molar-refractivity contribution in [3.8, 4) is 22.3 Å². The summed E-state index contributed by atoms with van der Waals surface area (Å²) < 4.78 is 6.39. The van der Waals surface area contributed by atoms with E-state index >= 15 is 0 Å². The molecule has 0 atom stereocenters. The van der Waals surface area contributed by atoms with E-state index in [4.69, 9.17) is 4.42 Å². The van der Waals surface area contributed by atoms with E-state index in [1.54, 1.807) is 0 Å². The number of hydrogen-bond acceptors (Lipinski definition) is 2. The molecule has 0 aliphatic carbocycles. The lowest BCUT2D eigenvalue weighted by molar-refractivity contribution is 0.669. The number of benzene rings is 11. The summed E-state index contributed by atoms with van der Waals surface area (Å²) >= 11 is 0. The Bertz CT molecular complexity index is 3570. The quantitative estimate of drug-likeness (QED) is 0.164. The lowest BCUT2D eigenvalue weighted by atomic mass is 9.91. The molecule has 0 saturated heterocycles. The van der Waals surface area contributed by atoms with E-state index in [-0.39, 0.29) is 0 Å². The maximum Gasteiger partial charge on any atom is 0.136 e. The van der Waals surface area contributed by atoms with E-state index < -0.39 is 0 Å². The van der Waals surface area contributed by atoms with Gasteiger partial charge in [-0.05, 0) is 131 Å². The Hall–Kier alpha value is -7.68. The topological polar surface area (TPSA) is 16.4 Å². The number of nitrogens with zero attached hydrogens (tertiary/aromatic N) is 1. The van der Waals surface area contributed by atoms with Gasteiger partial charge < -0.3 is 9.32 Å². The standard InChI is InChI=1S/C56H35NO/c1-4-16-45-36(12-1)15-11-22-46(45)37-24-27-43(28-25-37)57(44-29-26-38-32-53-51-21-9-10-23-55(51)58-56(53)35-41(38)31-44)54-34-42(30-39-13-3-6-18-48(39)54)52-33-40-14-2-5-17-47(40)49-19-7-8-20-50(49)52/h1-35H. The maximum absolute atomic E-state index is 6.39. The minimum absolute atomic E-state index is 0.896. The van der Waals surface area contributed by atoms with Gasteiger partial charge in [0.15, 0.2) is 0 Å². The number of rotatable bonds is 5. The molecule has 1 heterocycles. The first-order chi connectivity index (χ1) is 28.7. The second-order valence-corrected chi connectivity index (χ2v) is 15.3. The van der Waals surface area contributed by atoms with E-state index in [1.807, 2.05) is 12.1 Å². The van der Waals surface area contributed by atoms with Crippen LogP contribution in [0.4, 0.5) is 17.1 Å². The summed E-state index contributed by atoms with van der Waals surface area (Å²) in [5.74, 6) is 0. The van der Waals surface area contributed by atoms with Crippen LogP contribution in [0.15, 0.2) is 217 Å². The SMILES string of the molecule is c1ccc2c(-c3ccc(N(c4ccc5cc6c(cc5c4)oc4ccccc46)c4cc(-c5cc6ccccc6c6ccccc56)cc5ccccc45)cc3)cccc2c1. The summed E-state index contributed by atoms with van der Waals surface area (Å²) in [6, 6.07) is 77.3. The Labute approximate surface area is 335 Å². The van der Waals surface area contributed by atoms with Crippen molar-refractivity contribution in [1.29, 1.82) is 0 Å². The fraction of sp³-hybridized carbons (Fsp3) is 0. The second-order valence-electron chi connectivity index (χ2n) is 15.3. The molecule has 0 amide bonds. The molecule has 12 aromatic rings. The van der Waals surface area contributed by atoms with Gasteiger partial charge in [-0.25, -0.2) is 0 Å². The van der Waals surface area contributed by atoms with Gasteiger partial charge >= 0.3 is 0 Å². The average Bonchev–Trinajstić information content (AvgIpc) is 3.65. The molecule has 12 rings (SSSR count). The largest absolute Gasteiger partial charge is 0.456 e. The molecule has 11 aromatic carbocycles. The highest BCUT2D eigenvalue weighted by molar-refractivity contribution is 6.15. The third-order valence-electron chi connectivity index (χ3n) is 12.0. The van der Waals surface area contributed by atoms with Gasteiger partial charge in [-0.15, -0.1) is 0 Å². The minimum Gasteiger partial charge on any atom is -0.456 e. The lowest BCUT2D eigenvalue weighted by Gasteiger charge is -2.28. The zero-order chi connectivity index (χ0) is 38.2. The highest BCUT2D eigenvalue weighted by Gasteiger charge is 2.20. The van der Waals surface area contributed by atoms with Gasteiger partial charge in [-0.3, -0.25) is 0 Å². The summed E-state index contributed by atoms with van der Waals surface area (Å²) in [6.07, 6.45) is 0. The van der Waals surface area contributed by atoms with Crippen LogP contribution < -0.4 is 4.90 Å². The Morgan fingerprint density at radius 3 is 1.74 bits per heavy atom. The molecular formula is C56H35NO. The van der Waals surface area contributed by atoms with E-state index in [0.717, 1.165) is 44.4 Å². The molecule has 2 heteroatoms. The Balaban J connectivity index is 1.10. The molecule has 0 radical (unpaired) electrons. The van der Waals surface area contributed by atoms with Gasteiger partial charge in [0.25, 0.3) is 0 Å². The molecule has 0 aliphatic rings. The summed E-state index contributed by atoms with van der Waals surface area (Å²) in [6.45, 7) is 0. The number of anilines is 3. The smallest absolute Gasteiger partial charge is 0.136 e. The zero-order valence-corrected chi connectivity index (χ0v) is 31.6. The van der Waals surface area contributed by atoms with Crippen molar-refractivity contribution in [2.75, 3.05) is 4.90 Å². The van der Waals surface area contributed by atoms with E-state index in [2.05, 4.69) is 205 Å². The van der Waals surface area contributed by atoms with Gasteiger partial charge in [-0.1, -0.05) is 152 Å². The molecule has 2 nitrogen and oxygen atoms in total. The highest BCUT2D eigenvalue weighted by Crippen LogP contribution is 2.45. The normalized spacial score (nSPS) is 11.8. The summed E-state index contributed by atoms with van der Waals surface area (Å²) in [4.78, 5) is 2.43. The average molecular weight is 738 g/mol. The Kier molecular flexibility index (Phi) is 7.26. The van der Waals surface area contributed by atoms with Crippen molar-refractivity contribution in [2.24, 2.45) is 0 Å². The first-order valence-corrected chi connectivity index (χ1v) is 19.9. The van der Waals surface area contributed by atoms with Crippen LogP contribution in [0.3, 0.4) is 0 Å². The van der Waals surface area contributed by atoms with Gasteiger partial charge in [0, 0.05) is 27.5 Å². The van der Waals surface area contributed by atoms with Crippen molar-refractivity contribution in [2.45, 2.75) is 0 Å². The van der Waals surface area contributed by atoms with E-state index in [1.165, 1.54) is 70.7 Å². The van der Waals surface area contributed by atoms with Crippen LogP contribution in [-0.4, -0.2) is 0 Å². The fourth-order valence-corrected chi connectivity index (χ4v) is 9.21. The predicted octanol–water partition coefficient (Wildman–Crippen LogP) is 16.2. The third-order valence-corrected chi connectivity index (χ3v) is 12.0. The number of fused-ring (bicyclic) bond motifs is 9. The van der Waals surface area contributed by atoms with Crippen LogP contribution in [0.25, 0.3) is 98.1 Å². The van der Waals surface area contributed by atoms with Crippen LogP contribution in [0.2, 0.25) is 0 Å². The van der Waals surface area contributed by atoms with Crippen molar-refractivity contribution in [3.63, 3.8) is 0 Å². The summed E-state index contributed by atoms with van der Waals surface area (Å²) in [5.41, 5.74) is 9.90. The molecule has 0 fully saturated rings. The molecule has 58 heavy (non-hydrogen) atoms.